The van der Waals surface area contributed by atoms with Gasteiger partial charge in [-0.25, -0.2) is 0 Å². The molecule has 0 aliphatic heterocycles. The molecule has 0 heterocycles. The predicted molar refractivity (Wildman–Crippen MR) is 61.1 cm³/mol. The largest absolute Gasteiger partial charge is 0.397 e. The van der Waals surface area contributed by atoms with Crippen molar-refractivity contribution in [2.75, 3.05) is 24.8 Å². The summed E-state index contributed by atoms with van der Waals surface area (Å²) in [6.07, 6.45) is 0. The normalized spacial score (nSPS) is 9.56. The zero-order chi connectivity index (χ0) is 12.1. The quantitative estimate of drug-likeness (QED) is 0.780. The number of carbonyl (C=O) groups is 1. The lowest BCUT2D eigenvalue weighted by atomic mass is 10.2. The highest BCUT2D eigenvalue weighted by Crippen LogP contribution is 2.29. The van der Waals surface area contributed by atoms with Gasteiger partial charge in [-0.1, -0.05) is 11.6 Å². The van der Waals surface area contributed by atoms with Crippen molar-refractivity contribution in [3.63, 3.8) is 0 Å². The summed E-state index contributed by atoms with van der Waals surface area (Å²) in [6.45, 7) is -0.0903. The third kappa shape index (κ3) is 2.86. The molecule has 0 saturated heterocycles. The molecule has 5 nitrogen and oxygen atoms in total. The second-order valence-corrected chi connectivity index (χ2v) is 3.40. The smallest absolute Gasteiger partial charge is 0.250 e. The lowest BCUT2D eigenvalue weighted by Gasteiger charge is -2.09. The summed E-state index contributed by atoms with van der Waals surface area (Å²) in [4.78, 5) is 11.3. The molecule has 1 rings (SSSR count). The Kier molecular flexibility index (Phi) is 4.11. The van der Waals surface area contributed by atoms with Gasteiger partial charge in [-0.3, -0.25) is 4.79 Å². The molecule has 0 bridgehead atoms. The monoisotopic (exact) mass is 239 g/mol. The molecule has 1 aromatic rings. The molecule has 0 aliphatic rings. The average Bonchev–Trinajstić information content (AvgIpc) is 2.24. The minimum absolute atomic E-state index is 0.0903. The number of nitrogens with zero attached hydrogens (tertiary/aromatic N) is 1. The first-order valence-corrected chi connectivity index (χ1v) is 4.74. The van der Waals surface area contributed by atoms with Gasteiger partial charge < -0.3 is 15.8 Å². The van der Waals surface area contributed by atoms with E-state index in [0.29, 0.717) is 11.3 Å². The van der Waals surface area contributed by atoms with E-state index in [9.17, 15) is 4.79 Å². The summed E-state index contributed by atoms with van der Waals surface area (Å²) in [7, 11) is 1.40. The lowest BCUT2D eigenvalue weighted by Crippen LogP contribution is -2.17. The Bertz CT molecular complexity index is 454. The number of methoxy groups -OCH3 is 1. The van der Waals surface area contributed by atoms with E-state index in [0.717, 1.165) is 0 Å². The molecular formula is C10H10ClN3O2. The maximum atomic E-state index is 11.3. The van der Waals surface area contributed by atoms with Crippen LogP contribution < -0.4 is 11.1 Å². The third-order valence-corrected chi connectivity index (χ3v) is 2.20. The SMILES string of the molecule is COCC(=O)Nc1cc(C#N)cc(N)c1Cl. The van der Waals surface area contributed by atoms with E-state index >= 15 is 0 Å². The highest BCUT2D eigenvalue weighted by Gasteiger charge is 2.09. The Hall–Kier alpha value is -1.77. The summed E-state index contributed by atoms with van der Waals surface area (Å²) in [5.41, 5.74) is 6.46. The molecule has 0 spiro atoms. The molecule has 16 heavy (non-hydrogen) atoms. The van der Waals surface area contributed by atoms with Crippen molar-refractivity contribution in [1.29, 1.82) is 5.26 Å². The predicted octanol–water partition coefficient (Wildman–Crippen LogP) is 1.38. The van der Waals surface area contributed by atoms with Crippen molar-refractivity contribution < 1.29 is 9.53 Å². The van der Waals surface area contributed by atoms with Crippen LogP contribution >= 0.6 is 11.6 Å². The van der Waals surface area contributed by atoms with Gasteiger partial charge in [-0.15, -0.1) is 0 Å². The molecule has 3 N–H and O–H groups in total. The van der Waals surface area contributed by atoms with Crippen LogP contribution in [0, 0.1) is 11.3 Å². The van der Waals surface area contributed by atoms with Crippen LogP contribution in [0.1, 0.15) is 5.56 Å². The molecule has 0 atom stereocenters. The Morgan fingerprint density at radius 3 is 2.94 bits per heavy atom. The molecule has 0 aliphatic carbocycles. The fraction of sp³-hybridized carbons (Fsp3) is 0.200. The molecule has 0 aromatic heterocycles. The minimum atomic E-state index is -0.362. The number of carbonyl (C=O) groups excluding carboxylic acids is 1. The van der Waals surface area contributed by atoms with Crippen LogP contribution in [0.3, 0.4) is 0 Å². The van der Waals surface area contributed by atoms with E-state index < -0.39 is 0 Å². The minimum Gasteiger partial charge on any atom is -0.397 e. The Morgan fingerprint density at radius 1 is 1.69 bits per heavy atom. The molecule has 1 amide bonds. The standard InChI is InChI=1S/C10H10ClN3O2/c1-16-5-9(15)14-8-3-6(4-12)2-7(13)10(8)11/h2-3H,5,13H2,1H3,(H,14,15). The van der Waals surface area contributed by atoms with Crippen molar-refractivity contribution in [2.24, 2.45) is 0 Å². The first kappa shape index (κ1) is 12.3. The number of hydrogen-bond acceptors (Lipinski definition) is 4. The van der Waals surface area contributed by atoms with Crippen molar-refractivity contribution >= 4 is 28.9 Å². The van der Waals surface area contributed by atoms with Crippen molar-refractivity contribution in [1.82, 2.24) is 0 Å². The van der Waals surface area contributed by atoms with E-state index in [1.165, 1.54) is 19.2 Å². The maximum absolute atomic E-state index is 11.3. The zero-order valence-electron chi connectivity index (χ0n) is 8.58. The number of hydrogen-bond donors (Lipinski definition) is 2. The van der Waals surface area contributed by atoms with Crippen LogP contribution in [0.2, 0.25) is 5.02 Å². The second-order valence-electron chi connectivity index (χ2n) is 3.02. The number of nitrogen functional groups attached to an aromatic ring is 1. The average molecular weight is 240 g/mol. The van der Waals surface area contributed by atoms with E-state index in [-0.39, 0.29) is 23.2 Å². The highest BCUT2D eigenvalue weighted by molar-refractivity contribution is 6.36. The van der Waals surface area contributed by atoms with Gasteiger partial charge >= 0.3 is 0 Å². The molecule has 0 radical (unpaired) electrons. The summed E-state index contributed by atoms with van der Waals surface area (Å²) in [6, 6.07) is 4.81. The second kappa shape index (κ2) is 5.35. The number of anilines is 2. The highest BCUT2D eigenvalue weighted by atomic mass is 35.5. The van der Waals surface area contributed by atoms with Gasteiger partial charge in [0.05, 0.1) is 28.0 Å². The molecule has 0 fully saturated rings. The van der Waals surface area contributed by atoms with Gasteiger partial charge in [0, 0.05) is 7.11 Å². The fourth-order valence-electron chi connectivity index (χ4n) is 1.12. The van der Waals surface area contributed by atoms with E-state index in [1.807, 2.05) is 6.07 Å². The van der Waals surface area contributed by atoms with Gasteiger partial charge in [0.25, 0.3) is 0 Å². The van der Waals surface area contributed by atoms with Gasteiger partial charge in [-0.05, 0) is 12.1 Å². The molecule has 0 saturated carbocycles. The lowest BCUT2D eigenvalue weighted by molar-refractivity contribution is -0.119. The summed E-state index contributed by atoms with van der Waals surface area (Å²) in [5.74, 6) is -0.362. The van der Waals surface area contributed by atoms with Crippen LogP contribution in [-0.2, 0) is 9.53 Å². The molecule has 84 valence electrons. The number of benzene rings is 1. The third-order valence-electron chi connectivity index (χ3n) is 1.78. The molecule has 1 aromatic carbocycles. The van der Waals surface area contributed by atoms with Crippen LogP contribution in [0.25, 0.3) is 0 Å². The number of halogens is 1. The Balaban J connectivity index is 3.00. The molecular weight excluding hydrogens is 230 g/mol. The number of rotatable bonds is 3. The summed E-state index contributed by atoms with van der Waals surface area (Å²) in [5, 5.41) is 11.4. The van der Waals surface area contributed by atoms with Crippen molar-refractivity contribution in [3.05, 3.63) is 22.7 Å². The van der Waals surface area contributed by atoms with Gasteiger partial charge in [0.2, 0.25) is 5.91 Å². The summed E-state index contributed by atoms with van der Waals surface area (Å²) < 4.78 is 4.65. The number of ether oxygens (including phenoxy) is 1. The van der Waals surface area contributed by atoms with E-state index in [2.05, 4.69) is 10.1 Å². The topological polar surface area (TPSA) is 88.1 Å². The van der Waals surface area contributed by atoms with Crippen molar-refractivity contribution in [2.45, 2.75) is 0 Å². The number of nitrogens with one attached hydrogen (secondary N) is 1. The zero-order valence-corrected chi connectivity index (χ0v) is 9.34. The molecule has 0 unspecified atom stereocenters. The number of nitrogens with two attached hydrogens (primary N) is 1. The number of nitriles is 1. The maximum Gasteiger partial charge on any atom is 0.250 e. The van der Waals surface area contributed by atoms with E-state index in [4.69, 9.17) is 22.6 Å². The molecule has 6 heteroatoms. The van der Waals surface area contributed by atoms with Gasteiger partial charge in [-0.2, -0.15) is 5.26 Å². The summed E-state index contributed by atoms with van der Waals surface area (Å²) >= 11 is 5.88. The Morgan fingerprint density at radius 2 is 2.38 bits per heavy atom. The van der Waals surface area contributed by atoms with E-state index in [1.54, 1.807) is 0 Å². The van der Waals surface area contributed by atoms with Crippen LogP contribution in [0.4, 0.5) is 11.4 Å². The first-order valence-electron chi connectivity index (χ1n) is 4.36. The Labute approximate surface area is 97.8 Å². The van der Waals surface area contributed by atoms with Crippen LogP contribution in [-0.4, -0.2) is 19.6 Å². The van der Waals surface area contributed by atoms with Gasteiger partial charge in [0.1, 0.15) is 6.61 Å². The first-order chi connectivity index (χ1) is 7.58. The van der Waals surface area contributed by atoms with Crippen LogP contribution in [0.15, 0.2) is 12.1 Å². The number of amides is 1. The fourth-order valence-corrected chi connectivity index (χ4v) is 1.28. The van der Waals surface area contributed by atoms with Crippen molar-refractivity contribution in [3.8, 4) is 6.07 Å². The van der Waals surface area contributed by atoms with Gasteiger partial charge in [0.15, 0.2) is 0 Å². The van der Waals surface area contributed by atoms with Crippen LogP contribution in [0.5, 0.6) is 0 Å².